The van der Waals surface area contributed by atoms with Crippen molar-refractivity contribution in [2.75, 3.05) is 0 Å². The lowest BCUT2D eigenvalue weighted by Gasteiger charge is -2.00. The van der Waals surface area contributed by atoms with Gasteiger partial charge in [0.1, 0.15) is 5.82 Å². The molecule has 0 bridgehead atoms. The summed E-state index contributed by atoms with van der Waals surface area (Å²) in [5, 5.41) is 9.46. The molecule has 0 unspecified atom stereocenters. The van der Waals surface area contributed by atoms with Gasteiger partial charge in [0.05, 0.1) is 5.69 Å². The summed E-state index contributed by atoms with van der Waals surface area (Å²) in [6.45, 7) is 4.12. The van der Waals surface area contributed by atoms with Crippen molar-refractivity contribution in [1.82, 2.24) is 9.55 Å². The first kappa shape index (κ1) is 11.1. The van der Waals surface area contributed by atoms with Crippen molar-refractivity contribution in [3.63, 3.8) is 0 Å². The Morgan fingerprint density at radius 1 is 1.36 bits per heavy atom. The summed E-state index contributed by atoms with van der Waals surface area (Å²) < 4.78 is 1.56. The van der Waals surface area contributed by atoms with Crippen LogP contribution < -0.4 is 0 Å². The van der Waals surface area contributed by atoms with Gasteiger partial charge < -0.3 is 0 Å². The number of imidazole rings is 1. The monoisotopic (exact) mass is 211 g/mol. The standard InChI is InChI=1S/C10H14ClN3/c1-3-5-8-10(11)13-9(6-4-2)14(8)7-12/h3-6H2,1-2H3. The van der Waals surface area contributed by atoms with Crippen LogP contribution in [0.4, 0.5) is 0 Å². The molecule has 0 amide bonds. The minimum atomic E-state index is 0.483. The summed E-state index contributed by atoms with van der Waals surface area (Å²) in [5.41, 5.74) is 0.847. The second-order valence-corrected chi connectivity index (χ2v) is 3.56. The summed E-state index contributed by atoms with van der Waals surface area (Å²) in [6.07, 6.45) is 5.68. The van der Waals surface area contributed by atoms with E-state index in [0.717, 1.165) is 37.2 Å². The van der Waals surface area contributed by atoms with Crippen molar-refractivity contribution in [1.29, 1.82) is 5.26 Å². The lowest BCUT2D eigenvalue weighted by atomic mass is 10.2. The zero-order chi connectivity index (χ0) is 10.6. The molecular weight excluding hydrogens is 198 g/mol. The van der Waals surface area contributed by atoms with E-state index < -0.39 is 0 Å². The first-order valence-electron chi connectivity index (χ1n) is 4.90. The SMILES string of the molecule is CCCc1nc(Cl)c(CCC)n1C#N. The molecular formula is C10H14ClN3. The van der Waals surface area contributed by atoms with Crippen LogP contribution in [0.3, 0.4) is 0 Å². The van der Waals surface area contributed by atoms with Crippen LogP contribution >= 0.6 is 11.6 Å². The van der Waals surface area contributed by atoms with E-state index in [0.29, 0.717) is 5.15 Å². The van der Waals surface area contributed by atoms with Crippen LogP contribution in [0.15, 0.2) is 0 Å². The molecule has 1 heterocycles. The molecule has 0 atom stereocenters. The molecule has 1 rings (SSSR count). The minimum absolute atomic E-state index is 0.483. The van der Waals surface area contributed by atoms with Crippen LogP contribution in [0.1, 0.15) is 38.2 Å². The van der Waals surface area contributed by atoms with Gasteiger partial charge in [-0.25, -0.2) is 9.55 Å². The largest absolute Gasteiger partial charge is 0.235 e. The molecule has 0 aliphatic rings. The number of halogens is 1. The predicted molar refractivity (Wildman–Crippen MR) is 56.2 cm³/mol. The van der Waals surface area contributed by atoms with Crippen molar-refractivity contribution in [2.24, 2.45) is 0 Å². The molecule has 1 aromatic rings. The molecule has 0 aliphatic carbocycles. The number of hydrogen-bond donors (Lipinski definition) is 0. The van der Waals surface area contributed by atoms with E-state index in [2.05, 4.69) is 25.0 Å². The third-order valence-corrected chi connectivity index (χ3v) is 2.36. The van der Waals surface area contributed by atoms with Crippen molar-refractivity contribution in [3.05, 3.63) is 16.7 Å². The zero-order valence-corrected chi connectivity index (χ0v) is 9.30. The molecule has 0 radical (unpaired) electrons. The number of hydrogen-bond acceptors (Lipinski definition) is 2. The second kappa shape index (κ2) is 5.02. The van der Waals surface area contributed by atoms with Crippen LogP contribution in [0, 0.1) is 11.5 Å². The van der Waals surface area contributed by atoms with Crippen molar-refractivity contribution < 1.29 is 0 Å². The van der Waals surface area contributed by atoms with E-state index in [1.807, 2.05) is 0 Å². The van der Waals surface area contributed by atoms with Gasteiger partial charge in [-0.05, 0) is 12.8 Å². The number of nitrogens with zero attached hydrogens (tertiary/aromatic N) is 3. The molecule has 0 N–H and O–H groups in total. The van der Waals surface area contributed by atoms with E-state index in [1.54, 1.807) is 4.57 Å². The van der Waals surface area contributed by atoms with Gasteiger partial charge >= 0.3 is 0 Å². The maximum absolute atomic E-state index is 8.98. The smallest absolute Gasteiger partial charge is 0.190 e. The third kappa shape index (κ3) is 2.08. The maximum Gasteiger partial charge on any atom is 0.190 e. The van der Waals surface area contributed by atoms with Gasteiger partial charge in [-0.1, -0.05) is 31.9 Å². The highest BCUT2D eigenvalue weighted by Gasteiger charge is 2.13. The number of aromatic nitrogens is 2. The van der Waals surface area contributed by atoms with Gasteiger partial charge in [0.15, 0.2) is 11.3 Å². The molecule has 1 aromatic heterocycles. The molecule has 0 spiro atoms. The summed E-state index contributed by atoms with van der Waals surface area (Å²) in [6, 6.07) is 0. The Morgan fingerprint density at radius 2 is 2.00 bits per heavy atom. The van der Waals surface area contributed by atoms with E-state index in [-0.39, 0.29) is 0 Å². The van der Waals surface area contributed by atoms with Crippen LogP contribution in [-0.4, -0.2) is 9.55 Å². The first-order valence-corrected chi connectivity index (χ1v) is 5.28. The Balaban J connectivity index is 3.09. The normalized spacial score (nSPS) is 10.1. The third-order valence-electron chi connectivity index (χ3n) is 2.05. The molecule has 0 aliphatic heterocycles. The average molecular weight is 212 g/mol. The molecule has 0 fully saturated rings. The average Bonchev–Trinajstić information content (AvgIpc) is 2.44. The Hall–Kier alpha value is -1.01. The summed E-state index contributed by atoms with van der Waals surface area (Å²) >= 11 is 5.96. The second-order valence-electron chi connectivity index (χ2n) is 3.20. The van der Waals surface area contributed by atoms with E-state index in [4.69, 9.17) is 16.9 Å². The van der Waals surface area contributed by atoms with E-state index in [1.165, 1.54) is 0 Å². The van der Waals surface area contributed by atoms with Gasteiger partial charge in [0, 0.05) is 6.42 Å². The highest BCUT2D eigenvalue weighted by Crippen LogP contribution is 2.19. The number of rotatable bonds is 4. The van der Waals surface area contributed by atoms with Crippen molar-refractivity contribution in [3.8, 4) is 6.19 Å². The molecule has 0 saturated heterocycles. The Labute approximate surface area is 89.3 Å². The van der Waals surface area contributed by atoms with Crippen LogP contribution in [0.2, 0.25) is 5.15 Å². The predicted octanol–water partition coefficient (Wildman–Crippen LogP) is 2.77. The Morgan fingerprint density at radius 3 is 2.50 bits per heavy atom. The quantitative estimate of drug-likeness (QED) is 0.769. The van der Waals surface area contributed by atoms with Crippen LogP contribution in [-0.2, 0) is 12.8 Å². The lowest BCUT2D eigenvalue weighted by molar-refractivity contribution is 0.779. The van der Waals surface area contributed by atoms with Gasteiger partial charge in [-0.3, -0.25) is 0 Å². The molecule has 0 aromatic carbocycles. The Bertz CT molecular complexity index is 349. The fourth-order valence-corrected chi connectivity index (χ4v) is 1.71. The van der Waals surface area contributed by atoms with Gasteiger partial charge in [-0.2, -0.15) is 5.26 Å². The van der Waals surface area contributed by atoms with Crippen LogP contribution in [0.5, 0.6) is 0 Å². The first-order chi connectivity index (χ1) is 6.74. The van der Waals surface area contributed by atoms with Gasteiger partial charge in [0.25, 0.3) is 0 Å². The van der Waals surface area contributed by atoms with Crippen molar-refractivity contribution >= 4 is 11.6 Å². The summed E-state index contributed by atoms with van der Waals surface area (Å²) in [5.74, 6) is 0.781. The lowest BCUT2D eigenvalue weighted by Crippen LogP contribution is -2.01. The highest BCUT2D eigenvalue weighted by molar-refractivity contribution is 6.30. The van der Waals surface area contributed by atoms with E-state index in [9.17, 15) is 0 Å². The molecule has 3 nitrogen and oxygen atoms in total. The van der Waals surface area contributed by atoms with Crippen molar-refractivity contribution in [2.45, 2.75) is 39.5 Å². The summed E-state index contributed by atoms with van der Waals surface area (Å²) in [7, 11) is 0. The molecule has 4 heteroatoms. The molecule has 14 heavy (non-hydrogen) atoms. The topological polar surface area (TPSA) is 41.6 Å². The fourth-order valence-electron chi connectivity index (χ4n) is 1.44. The fraction of sp³-hybridized carbons (Fsp3) is 0.600. The number of nitriles is 1. The Kier molecular flexibility index (Phi) is 3.97. The van der Waals surface area contributed by atoms with E-state index >= 15 is 0 Å². The van der Waals surface area contributed by atoms with Gasteiger partial charge in [0.2, 0.25) is 0 Å². The zero-order valence-electron chi connectivity index (χ0n) is 8.55. The van der Waals surface area contributed by atoms with Crippen LogP contribution in [0.25, 0.3) is 0 Å². The molecule has 76 valence electrons. The molecule has 0 saturated carbocycles. The maximum atomic E-state index is 8.98. The van der Waals surface area contributed by atoms with Gasteiger partial charge in [-0.15, -0.1) is 0 Å². The minimum Gasteiger partial charge on any atom is -0.235 e. The summed E-state index contributed by atoms with van der Waals surface area (Å²) in [4.78, 5) is 4.20. The number of aryl methyl sites for hydroxylation is 1. The highest BCUT2D eigenvalue weighted by atomic mass is 35.5.